The van der Waals surface area contributed by atoms with Gasteiger partial charge in [-0.2, -0.15) is 0 Å². The summed E-state index contributed by atoms with van der Waals surface area (Å²) in [6.45, 7) is 1.07. The molecule has 0 spiro atoms. The van der Waals surface area contributed by atoms with Crippen molar-refractivity contribution in [3.63, 3.8) is 0 Å². The van der Waals surface area contributed by atoms with E-state index in [1.54, 1.807) is 6.07 Å². The number of benzene rings is 3. The van der Waals surface area contributed by atoms with Gasteiger partial charge in [-0.1, -0.05) is 60.7 Å². The van der Waals surface area contributed by atoms with E-state index >= 15 is 0 Å². The number of allylic oxidation sites excluding steroid dienone is 4. The quantitative estimate of drug-likeness (QED) is 0.170. The summed E-state index contributed by atoms with van der Waals surface area (Å²) in [4.78, 5) is 12.6. The van der Waals surface area contributed by atoms with Gasteiger partial charge in [-0.15, -0.1) is 0 Å². The molecule has 0 atom stereocenters. The van der Waals surface area contributed by atoms with E-state index in [9.17, 15) is 9.90 Å². The predicted octanol–water partition coefficient (Wildman–Crippen LogP) is 5.93. The van der Waals surface area contributed by atoms with Crippen molar-refractivity contribution in [1.82, 2.24) is 13.7 Å². The summed E-state index contributed by atoms with van der Waals surface area (Å²) in [5, 5.41) is 16.8. The van der Waals surface area contributed by atoms with Gasteiger partial charge in [0.2, 0.25) is 0 Å². The first-order valence-corrected chi connectivity index (χ1v) is 14.2. The SMILES string of the molecule is O=C(NCCNC1=CC(c2ccccc2O)=CC2=C(Br)C=IN12)c1ccc(-c2ccccc2)cc1. The number of phenolic OH excluding ortho intramolecular Hbond substituents is 1. The average molecular weight is 640 g/mol. The first-order valence-electron chi connectivity index (χ1n) is 11.2. The van der Waals surface area contributed by atoms with Crippen molar-refractivity contribution in [2.24, 2.45) is 0 Å². The fraction of sp³-hybridized carbons (Fsp3) is 0.0714. The number of para-hydroxylation sites is 1. The van der Waals surface area contributed by atoms with Crippen LogP contribution in [0.15, 0.2) is 107 Å². The Morgan fingerprint density at radius 1 is 0.886 bits per heavy atom. The highest BCUT2D eigenvalue weighted by Gasteiger charge is 2.24. The van der Waals surface area contributed by atoms with Crippen LogP contribution in [0.5, 0.6) is 5.75 Å². The molecule has 2 aliphatic rings. The van der Waals surface area contributed by atoms with Crippen molar-refractivity contribution in [1.29, 1.82) is 0 Å². The average Bonchev–Trinajstić information content (AvgIpc) is 3.28. The molecule has 0 saturated carbocycles. The molecule has 0 saturated heterocycles. The maximum atomic E-state index is 12.6. The van der Waals surface area contributed by atoms with E-state index in [-0.39, 0.29) is 32.7 Å². The van der Waals surface area contributed by atoms with Gasteiger partial charge in [-0.25, -0.2) is 0 Å². The van der Waals surface area contributed by atoms with Crippen LogP contribution < -0.4 is 10.6 Å². The molecule has 0 aliphatic carbocycles. The molecule has 7 heteroatoms. The van der Waals surface area contributed by atoms with Gasteiger partial charge in [-0.3, -0.25) is 7.91 Å². The maximum absolute atomic E-state index is 12.6. The highest BCUT2D eigenvalue weighted by atomic mass is 127. The number of nitrogens with one attached hydrogen (secondary N) is 2. The van der Waals surface area contributed by atoms with E-state index in [0.717, 1.165) is 38.3 Å². The summed E-state index contributed by atoms with van der Waals surface area (Å²) in [5.74, 6) is 1.13. The molecule has 0 bridgehead atoms. The summed E-state index contributed by atoms with van der Waals surface area (Å²) in [6, 6.07) is 25.1. The minimum atomic E-state index is -0.329. The number of nitrogens with zero attached hydrogens (tertiary/aromatic N) is 1. The standard InChI is InChI=1S/C28H23BrIN3O2/c29-24-18-30-33-25(24)16-22(23-8-4-5-9-26(23)34)17-27(33)31-14-15-32-28(35)21-12-10-20(11-13-21)19-6-2-1-3-7-19/h1-13,16-18,31,34H,14-15H2,(H,32,35). The van der Waals surface area contributed by atoms with Gasteiger partial charge < -0.3 is 15.7 Å². The summed E-state index contributed by atoms with van der Waals surface area (Å²) in [7, 11) is 0. The molecule has 0 fully saturated rings. The summed E-state index contributed by atoms with van der Waals surface area (Å²) < 4.78 is 5.56. The zero-order chi connectivity index (χ0) is 24.2. The van der Waals surface area contributed by atoms with E-state index in [0.29, 0.717) is 18.7 Å². The number of carbonyl (C=O) groups excluding carboxylic acids is 1. The Hall–Kier alpha value is -3.17. The smallest absolute Gasteiger partial charge is 0.251 e. The first kappa shape index (κ1) is 23.6. The summed E-state index contributed by atoms with van der Waals surface area (Å²) in [6.07, 6.45) is 4.15. The molecule has 3 aromatic rings. The number of fused-ring (bicyclic) bond motifs is 1. The van der Waals surface area contributed by atoms with Crippen LogP contribution in [-0.2, 0) is 0 Å². The lowest BCUT2D eigenvalue weighted by molar-refractivity contribution is 0.0954. The number of rotatable bonds is 7. The Morgan fingerprint density at radius 3 is 2.37 bits per heavy atom. The first-order chi connectivity index (χ1) is 17.1. The van der Waals surface area contributed by atoms with Crippen LogP contribution in [0.25, 0.3) is 16.7 Å². The van der Waals surface area contributed by atoms with Gasteiger partial charge in [0, 0.05) is 53.7 Å². The largest absolute Gasteiger partial charge is 0.507 e. The summed E-state index contributed by atoms with van der Waals surface area (Å²) >= 11 is 3.33. The van der Waals surface area contributed by atoms with Crippen LogP contribution in [0, 0.1) is 0 Å². The fourth-order valence-electron chi connectivity index (χ4n) is 3.90. The van der Waals surface area contributed by atoms with Gasteiger partial charge in [0.1, 0.15) is 11.6 Å². The third kappa shape index (κ3) is 5.26. The third-order valence-electron chi connectivity index (χ3n) is 5.68. The van der Waals surface area contributed by atoms with Crippen molar-refractivity contribution >= 4 is 52.4 Å². The lowest BCUT2D eigenvalue weighted by Crippen LogP contribution is -2.34. The minimum Gasteiger partial charge on any atom is -0.507 e. The molecule has 5 nitrogen and oxygen atoms in total. The molecule has 0 radical (unpaired) electrons. The number of aromatic hydroxyl groups is 1. The van der Waals surface area contributed by atoms with Crippen LogP contribution in [0.4, 0.5) is 0 Å². The van der Waals surface area contributed by atoms with E-state index < -0.39 is 0 Å². The van der Waals surface area contributed by atoms with Crippen LogP contribution in [0.3, 0.4) is 0 Å². The second-order valence-electron chi connectivity index (χ2n) is 7.99. The van der Waals surface area contributed by atoms with Crippen LogP contribution in [0.2, 0.25) is 0 Å². The molecule has 3 N–H and O–H groups in total. The van der Waals surface area contributed by atoms with Crippen molar-refractivity contribution < 1.29 is 9.90 Å². The number of carbonyl (C=O) groups is 1. The molecule has 0 aromatic heterocycles. The molecule has 3 aromatic carbocycles. The highest BCUT2D eigenvalue weighted by Crippen LogP contribution is 2.41. The van der Waals surface area contributed by atoms with E-state index in [4.69, 9.17) is 0 Å². The zero-order valence-corrected chi connectivity index (χ0v) is 22.5. The fourth-order valence-corrected chi connectivity index (χ4v) is 7.20. The molecule has 176 valence electrons. The van der Waals surface area contributed by atoms with Gasteiger partial charge in [0.15, 0.2) is 0 Å². The summed E-state index contributed by atoms with van der Waals surface area (Å²) in [5.41, 5.74) is 5.67. The van der Waals surface area contributed by atoms with Crippen LogP contribution in [-0.4, -0.2) is 31.2 Å². The third-order valence-corrected chi connectivity index (χ3v) is 9.67. The Balaban J connectivity index is 1.22. The maximum Gasteiger partial charge on any atom is 0.251 e. The molecular formula is C28H23BrIN3O2. The Morgan fingerprint density at radius 2 is 1.60 bits per heavy atom. The number of amides is 1. The minimum absolute atomic E-state index is 0.0934. The van der Waals surface area contributed by atoms with E-state index in [1.165, 1.54) is 0 Å². The topological polar surface area (TPSA) is 64.6 Å². The monoisotopic (exact) mass is 639 g/mol. The molecule has 2 heterocycles. The lowest BCUT2D eigenvalue weighted by atomic mass is 10.0. The van der Waals surface area contributed by atoms with Crippen molar-refractivity contribution in [3.8, 4) is 16.9 Å². The number of hydrogen-bond acceptors (Lipinski definition) is 4. The van der Waals surface area contributed by atoms with Gasteiger partial charge >= 0.3 is 0 Å². The lowest BCUT2D eigenvalue weighted by Gasteiger charge is -2.27. The van der Waals surface area contributed by atoms with Gasteiger partial charge in [0.25, 0.3) is 5.91 Å². The van der Waals surface area contributed by atoms with Gasteiger partial charge in [0.05, 0.1) is 5.70 Å². The van der Waals surface area contributed by atoms with E-state index in [2.05, 4.69) is 58.0 Å². The Kier molecular flexibility index (Phi) is 7.15. The van der Waals surface area contributed by atoms with Crippen molar-refractivity contribution in [2.75, 3.05) is 13.1 Å². The number of phenols is 1. The predicted molar refractivity (Wildman–Crippen MR) is 154 cm³/mol. The Bertz CT molecular complexity index is 1380. The Labute approximate surface area is 223 Å². The van der Waals surface area contributed by atoms with Crippen molar-refractivity contribution in [2.45, 2.75) is 0 Å². The van der Waals surface area contributed by atoms with Crippen LogP contribution >= 0.6 is 36.9 Å². The van der Waals surface area contributed by atoms with E-state index in [1.807, 2.05) is 60.7 Å². The van der Waals surface area contributed by atoms with Crippen LogP contribution in [0.1, 0.15) is 15.9 Å². The second-order valence-corrected chi connectivity index (χ2v) is 11.0. The second kappa shape index (κ2) is 10.6. The molecule has 0 unspecified atom stereocenters. The molecule has 1 amide bonds. The molecular weight excluding hydrogens is 617 g/mol. The highest BCUT2D eigenvalue weighted by molar-refractivity contribution is 14.2. The molecule has 35 heavy (non-hydrogen) atoms. The number of halogens is 2. The molecule has 2 aliphatic heterocycles. The zero-order valence-electron chi connectivity index (χ0n) is 18.7. The number of hydrogen-bond donors (Lipinski definition) is 3. The normalized spacial score (nSPS) is 14.6. The van der Waals surface area contributed by atoms with Crippen molar-refractivity contribution in [3.05, 3.63) is 118 Å². The molecule has 5 rings (SSSR count). The van der Waals surface area contributed by atoms with Gasteiger partial charge in [-0.05, 0) is 63.0 Å².